The van der Waals surface area contributed by atoms with E-state index in [2.05, 4.69) is 33.0 Å². The lowest BCUT2D eigenvalue weighted by atomic mass is 9.86. The molecule has 150 valence electrons. The van der Waals surface area contributed by atoms with Crippen molar-refractivity contribution in [3.8, 4) is 0 Å². The van der Waals surface area contributed by atoms with Crippen LogP contribution in [0.2, 0.25) is 0 Å². The van der Waals surface area contributed by atoms with Gasteiger partial charge in [0.05, 0.1) is 0 Å². The maximum absolute atomic E-state index is 12.8. The molecule has 2 rings (SSSR count). The molecular weight excluding hydrogens is 346 g/mol. The van der Waals surface area contributed by atoms with Crippen molar-refractivity contribution in [2.75, 3.05) is 13.1 Å². The van der Waals surface area contributed by atoms with E-state index in [1.54, 1.807) is 0 Å². The Labute approximate surface area is 163 Å². The smallest absolute Gasteiger partial charge is 0.242 e. The molecule has 2 aliphatic rings. The molecule has 2 amide bonds. The largest absolute Gasteiger partial charge is 0.354 e. The van der Waals surface area contributed by atoms with Gasteiger partial charge in [-0.15, -0.1) is 0 Å². The van der Waals surface area contributed by atoms with Gasteiger partial charge in [-0.25, -0.2) is 0 Å². The molecule has 1 saturated carbocycles. The van der Waals surface area contributed by atoms with Crippen LogP contribution in [0.5, 0.6) is 0 Å². The highest BCUT2D eigenvalue weighted by Crippen LogP contribution is 2.33. The number of hydrogen-bond donors (Lipinski definition) is 2. The van der Waals surface area contributed by atoms with E-state index in [0.29, 0.717) is 30.2 Å². The van der Waals surface area contributed by atoms with Crippen LogP contribution in [0.15, 0.2) is 0 Å². The standard InChI is InChI=1S/C20H37N3O2S/c1-14(2)26-20(3,4)12-18(24)23-11-5-6-17(23)19(25)22-13-15-7-9-16(21)10-8-15/h14-17H,5-13,21H2,1-4H3,(H,22,25)/t15?,16?,17-/m0/s1. The van der Waals surface area contributed by atoms with Crippen molar-refractivity contribution in [1.29, 1.82) is 0 Å². The van der Waals surface area contributed by atoms with Crippen molar-refractivity contribution in [1.82, 2.24) is 10.2 Å². The van der Waals surface area contributed by atoms with Crippen LogP contribution in [0.4, 0.5) is 0 Å². The highest BCUT2D eigenvalue weighted by molar-refractivity contribution is 8.01. The highest BCUT2D eigenvalue weighted by atomic mass is 32.2. The number of carbonyl (C=O) groups excluding carboxylic acids is 2. The average molecular weight is 384 g/mol. The Morgan fingerprint density at radius 1 is 1.19 bits per heavy atom. The molecule has 2 fully saturated rings. The van der Waals surface area contributed by atoms with Crippen LogP contribution >= 0.6 is 11.8 Å². The van der Waals surface area contributed by atoms with E-state index in [1.165, 1.54) is 0 Å². The Bertz CT molecular complexity index is 487. The van der Waals surface area contributed by atoms with Crippen LogP contribution in [0.1, 0.15) is 72.6 Å². The molecule has 3 N–H and O–H groups in total. The summed E-state index contributed by atoms with van der Waals surface area (Å²) in [7, 11) is 0. The van der Waals surface area contributed by atoms with E-state index in [4.69, 9.17) is 5.73 Å². The Morgan fingerprint density at radius 2 is 1.85 bits per heavy atom. The van der Waals surface area contributed by atoms with E-state index >= 15 is 0 Å². The van der Waals surface area contributed by atoms with Gasteiger partial charge in [-0.2, -0.15) is 11.8 Å². The minimum atomic E-state index is -0.284. The first-order valence-corrected chi connectivity index (χ1v) is 11.1. The van der Waals surface area contributed by atoms with E-state index in [-0.39, 0.29) is 22.6 Å². The zero-order valence-corrected chi connectivity index (χ0v) is 17.7. The van der Waals surface area contributed by atoms with Gasteiger partial charge in [-0.1, -0.05) is 27.7 Å². The molecule has 1 aliphatic carbocycles. The van der Waals surface area contributed by atoms with Crippen molar-refractivity contribution >= 4 is 23.6 Å². The zero-order chi connectivity index (χ0) is 19.3. The second-order valence-corrected chi connectivity index (χ2v) is 11.2. The molecule has 0 aromatic carbocycles. The molecule has 0 radical (unpaired) electrons. The van der Waals surface area contributed by atoms with Gasteiger partial charge in [-0.3, -0.25) is 9.59 Å². The predicted molar refractivity (Wildman–Crippen MR) is 109 cm³/mol. The third-order valence-corrected chi connectivity index (χ3v) is 6.72. The number of nitrogens with zero attached hydrogens (tertiary/aromatic N) is 1. The number of likely N-dealkylation sites (tertiary alicyclic amines) is 1. The van der Waals surface area contributed by atoms with Gasteiger partial charge in [0, 0.05) is 30.3 Å². The lowest BCUT2D eigenvalue weighted by Gasteiger charge is -2.31. The fraction of sp³-hybridized carbons (Fsp3) is 0.900. The summed E-state index contributed by atoms with van der Waals surface area (Å²) in [5.41, 5.74) is 5.95. The van der Waals surface area contributed by atoms with Crippen molar-refractivity contribution in [3.05, 3.63) is 0 Å². The number of carbonyl (C=O) groups is 2. The maximum Gasteiger partial charge on any atom is 0.242 e. The Hall–Kier alpha value is -0.750. The fourth-order valence-corrected chi connectivity index (χ4v) is 5.72. The quantitative estimate of drug-likeness (QED) is 0.709. The third-order valence-electron chi connectivity index (χ3n) is 5.46. The van der Waals surface area contributed by atoms with Crippen molar-refractivity contribution in [3.63, 3.8) is 0 Å². The lowest BCUT2D eigenvalue weighted by molar-refractivity contribution is -0.138. The second kappa shape index (κ2) is 9.45. The SMILES string of the molecule is CC(C)SC(C)(C)CC(=O)N1CCC[C@H]1C(=O)NCC1CCC(N)CC1. The van der Waals surface area contributed by atoms with Crippen LogP contribution in [0, 0.1) is 5.92 Å². The first-order valence-electron chi connectivity index (χ1n) is 10.2. The summed E-state index contributed by atoms with van der Waals surface area (Å²) in [6.45, 7) is 9.97. The maximum atomic E-state index is 12.8. The average Bonchev–Trinajstić information content (AvgIpc) is 3.02. The summed E-state index contributed by atoms with van der Waals surface area (Å²) in [5, 5.41) is 3.60. The van der Waals surface area contributed by atoms with Gasteiger partial charge in [0.25, 0.3) is 0 Å². The summed E-state index contributed by atoms with van der Waals surface area (Å²) in [4.78, 5) is 27.3. The third kappa shape index (κ3) is 6.45. The highest BCUT2D eigenvalue weighted by Gasteiger charge is 2.36. The minimum absolute atomic E-state index is 0.0278. The number of nitrogens with one attached hydrogen (secondary N) is 1. The van der Waals surface area contributed by atoms with Crippen LogP contribution in [-0.4, -0.2) is 51.9 Å². The molecule has 5 nitrogen and oxygen atoms in total. The molecule has 0 aromatic rings. The van der Waals surface area contributed by atoms with Gasteiger partial charge in [0.2, 0.25) is 11.8 Å². The molecule has 0 unspecified atom stereocenters. The topological polar surface area (TPSA) is 75.4 Å². The van der Waals surface area contributed by atoms with E-state index < -0.39 is 0 Å². The summed E-state index contributed by atoms with van der Waals surface area (Å²) >= 11 is 1.82. The summed E-state index contributed by atoms with van der Waals surface area (Å²) in [6.07, 6.45) is 6.48. The molecule has 0 bridgehead atoms. The van der Waals surface area contributed by atoms with Crippen LogP contribution in [0.25, 0.3) is 0 Å². The predicted octanol–water partition coefficient (Wildman–Crippen LogP) is 2.92. The molecule has 1 aliphatic heterocycles. The van der Waals surface area contributed by atoms with Crippen LogP contribution < -0.4 is 11.1 Å². The van der Waals surface area contributed by atoms with Gasteiger partial charge in [-0.05, 0) is 49.7 Å². The summed E-state index contributed by atoms with van der Waals surface area (Å²) in [6, 6.07) is 0.0464. The van der Waals surface area contributed by atoms with Crippen LogP contribution in [-0.2, 0) is 9.59 Å². The normalized spacial score (nSPS) is 27.0. The number of nitrogens with two attached hydrogens (primary N) is 1. The molecule has 0 aromatic heterocycles. The van der Waals surface area contributed by atoms with Crippen molar-refractivity contribution in [2.24, 2.45) is 11.7 Å². The van der Waals surface area contributed by atoms with E-state index in [1.807, 2.05) is 16.7 Å². The number of thioether (sulfide) groups is 1. The van der Waals surface area contributed by atoms with Gasteiger partial charge in [0.15, 0.2) is 0 Å². The summed E-state index contributed by atoms with van der Waals surface area (Å²) < 4.78 is -0.101. The number of rotatable bonds is 7. The molecule has 1 saturated heterocycles. The second-order valence-electron chi connectivity index (χ2n) is 8.87. The Balaban J connectivity index is 1.84. The van der Waals surface area contributed by atoms with Crippen molar-refractivity contribution in [2.45, 2.75) is 94.7 Å². The zero-order valence-electron chi connectivity index (χ0n) is 16.9. The lowest BCUT2D eigenvalue weighted by Crippen LogP contribution is -2.48. The molecule has 0 spiro atoms. The van der Waals surface area contributed by atoms with E-state index in [9.17, 15) is 9.59 Å². The van der Waals surface area contributed by atoms with Crippen LogP contribution in [0.3, 0.4) is 0 Å². The first-order chi connectivity index (χ1) is 12.2. The van der Waals surface area contributed by atoms with Gasteiger partial charge >= 0.3 is 0 Å². The van der Waals surface area contributed by atoms with Gasteiger partial charge in [0.1, 0.15) is 6.04 Å². The minimum Gasteiger partial charge on any atom is -0.354 e. The number of hydrogen-bond acceptors (Lipinski definition) is 4. The molecule has 26 heavy (non-hydrogen) atoms. The first kappa shape index (κ1) is 21.5. The molecule has 6 heteroatoms. The molecular formula is C20H37N3O2S. The monoisotopic (exact) mass is 383 g/mol. The fourth-order valence-electron chi connectivity index (χ4n) is 4.24. The Kier molecular flexibility index (Phi) is 7.83. The summed E-state index contributed by atoms with van der Waals surface area (Å²) in [5.74, 6) is 0.676. The Morgan fingerprint density at radius 3 is 2.46 bits per heavy atom. The molecule has 1 heterocycles. The van der Waals surface area contributed by atoms with Crippen molar-refractivity contribution < 1.29 is 9.59 Å². The van der Waals surface area contributed by atoms with Gasteiger partial charge < -0.3 is 16.0 Å². The molecule has 1 atom stereocenters. The van der Waals surface area contributed by atoms with E-state index in [0.717, 1.165) is 45.1 Å². The number of amides is 2.